The van der Waals surface area contributed by atoms with Gasteiger partial charge >= 0.3 is 0 Å². The Bertz CT molecular complexity index is 319. The largest absolute Gasteiger partial charge is 0.466 e. The molecular formula is C13H22N2O2. The third kappa shape index (κ3) is 4.50. The van der Waals surface area contributed by atoms with Crippen molar-refractivity contribution in [1.82, 2.24) is 10.6 Å². The van der Waals surface area contributed by atoms with E-state index in [0.29, 0.717) is 6.04 Å². The van der Waals surface area contributed by atoms with Crippen molar-refractivity contribution in [3.05, 3.63) is 23.7 Å². The normalized spacial score (nSPS) is 20.6. The third-order valence-electron chi connectivity index (χ3n) is 3.01. The Morgan fingerprint density at radius 2 is 2.35 bits per heavy atom. The van der Waals surface area contributed by atoms with E-state index in [9.17, 15) is 0 Å². The lowest BCUT2D eigenvalue weighted by atomic mass is 10.2. The molecule has 0 amide bonds. The molecule has 96 valence electrons. The monoisotopic (exact) mass is 238 g/mol. The first-order valence-corrected chi connectivity index (χ1v) is 6.42. The van der Waals surface area contributed by atoms with Gasteiger partial charge in [-0.25, -0.2) is 0 Å². The van der Waals surface area contributed by atoms with Gasteiger partial charge in [-0.2, -0.15) is 0 Å². The van der Waals surface area contributed by atoms with Gasteiger partial charge in [-0.05, 0) is 32.0 Å². The zero-order valence-corrected chi connectivity index (χ0v) is 10.5. The number of ether oxygens (including phenoxy) is 1. The Labute approximate surface area is 103 Å². The van der Waals surface area contributed by atoms with Gasteiger partial charge in [-0.1, -0.05) is 0 Å². The summed E-state index contributed by atoms with van der Waals surface area (Å²) in [7, 11) is 0. The molecule has 0 saturated carbocycles. The van der Waals surface area contributed by atoms with Crippen molar-refractivity contribution in [3.63, 3.8) is 0 Å². The topological polar surface area (TPSA) is 46.4 Å². The maximum absolute atomic E-state index is 5.51. The highest BCUT2D eigenvalue weighted by atomic mass is 16.5. The molecule has 1 unspecified atom stereocenters. The van der Waals surface area contributed by atoms with Gasteiger partial charge in [0.15, 0.2) is 0 Å². The molecule has 2 rings (SSSR count). The summed E-state index contributed by atoms with van der Waals surface area (Å²) in [5, 5.41) is 6.88. The summed E-state index contributed by atoms with van der Waals surface area (Å²) >= 11 is 0. The van der Waals surface area contributed by atoms with E-state index >= 15 is 0 Å². The number of morpholine rings is 1. The zero-order valence-electron chi connectivity index (χ0n) is 10.5. The second-order valence-corrected chi connectivity index (χ2v) is 4.53. The lowest BCUT2D eigenvalue weighted by Gasteiger charge is -2.23. The lowest BCUT2D eigenvalue weighted by molar-refractivity contribution is 0.0743. The van der Waals surface area contributed by atoms with Gasteiger partial charge in [0.2, 0.25) is 0 Å². The Morgan fingerprint density at radius 1 is 1.41 bits per heavy atom. The van der Waals surface area contributed by atoms with Crippen LogP contribution < -0.4 is 10.6 Å². The standard InChI is InChI=1S/C13H22N2O2/c1-11-2-3-13(17-11)5-7-14-6-4-12-10-16-9-8-15-12/h2-3,12,14-15H,4-10H2,1H3. The molecule has 1 aliphatic rings. The van der Waals surface area contributed by atoms with E-state index in [0.717, 1.165) is 57.2 Å². The van der Waals surface area contributed by atoms with E-state index in [2.05, 4.69) is 10.6 Å². The number of hydrogen-bond acceptors (Lipinski definition) is 4. The van der Waals surface area contributed by atoms with Crippen molar-refractivity contribution in [3.8, 4) is 0 Å². The number of aryl methyl sites for hydroxylation is 1. The van der Waals surface area contributed by atoms with Crippen molar-refractivity contribution in [2.24, 2.45) is 0 Å². The summed E-state index contributed by atoms with van der Waals surface area (Å²) in [6.07, 6.45) is 2.08. The van der Waals surface area contributed by atoms with E-state index < -0.39 is 0 Å². The Balaban J connectivity index is 1.51. The molecule has 4 nitrogen and oxygen atoms in total. The molecule has 0 aromatic carbocycles. The SMILES string of the molecule is Cc1ccc(CCNCCC2COCCN2)o1. The highest BCUT2D eigenvalue weighted by Gasteiger charge is 2.11. The van der Waals surface area contributed by atoms with Crippen molar-refractivity contribution < 1.29 is 9.15 Å². The molecule has 0 aliphatic carbocycles. The van der Waals surface area contributed by atoms with E-state index in [4.69, 9.17) is 9.15 Å². The van der Waals surface area contributed by atoms with Gasteiger partial charge in [0.25, 0.3) is 0 Å². The summed E-state index contributed by atoms with van der Waals surface area (Å²) in [5.41, 5.74) is 0. The van der Waals surface area contributed by atoms with Gasteiger partial charge in [-0.3, -0.25) is 0 Å². The summed E-state index contributed by atoms with van der Waals surface area (Å²) in [4.78, 5) is 0. The van der Waals surface area contributed by atoms with Crippen molar-refractivity contribution >= 4 is 0 Å². The van der Waals surface area contributed by atoms with Crippen LogP contribution in [0.5, 0.6) is 0 Å². The first kappa shape index (κ1) is 12.6. The maximum Gasteiger partial charge on any atom is 0.105 e. The highest BCUT2D eigenvalue weighted by molar-refractivity contribution is 5.05. The van der Waals surface area contributed by atoms with Crippen LogP contribution in [0.4, 0.5) is 0 Å². The van der Waals surface area contributed by atoms with Crippen LogP contribution in [0.3, 0.4) is 0 Å². The molecule has 17 heavy (non-hydrogen) atoms. The molecule has 4 heteroatoms. The molecule has 1 aromatic rings. The molecule has 2 N–H and O–H groups in total. The fraction of sp³-hybridized carbons (Fsp3) is 0.692. The van der Waals surface area contributed by atoms with Crippen LogP contribution in [0.2, 0.25) is 0 Å². The quantitative estimate of drug-likeness (QED) is 0.729. The smallest absolute Gasteiger partial charge is 0.105 e. The molecule has 2 heterocycles. The molecule has 1 atom stereocenters. The summed E-state index contributed by atoms with van der Waals surface area (Å²) in [5.74, 6) is 2.05. The Morgan fingerprint density at radius 3 is 3.06 bits per heavy atom. The van der Waals surface area contributed by atoms with Crippen LogP contribution in [-0.4, -0.2) is 38.9 Å². The zero-order chi connectivity index (χ0) is 11.9. The molecule has 0 spiro atoms. The van der Waals surface area contributed by atoms with Gasteiger partial charge in [0, 0.05) is 25.6 Å². The number of furan rings is 1. The average Bonchev–Trinajstić information content (AvgIpc) is 2.76. The van der Waals surface area contributed by atoms with E-state index in [1.165, 1.54) is 0 Å². The predicted molar refractivity (Wildman–Crippen MR) is 67.2 cm³/mol. The van der Waals surface area contributed by atoms with Gasteiger partial charge in [0.05, 0.1) is 13.2 Å². The molecule has 0 radical (unpaired) electrons. The second kappa shape index (κ2) is 6.79. The molecule has 1 aliphatic heterocycles. The van der Waals surface area contributed by atoms with Crippen molar-refractivity contribution in [1.29, 1.82) is 0 Å². The molecular weight excluding hydrogens is 216 g/mol. The minimum atomic E-state index is 0.516. The molecule has 0 bridgehead atoms. The van der Waals surface area contributed by atoms with Crippen molar-refractivity contribution in [2.75, 3.05) is 32.8 Å². The fourth-order valence-corrected chi connectivity index (χ4v) is 2.04. The average molecular weight is 238 g/mol. The van der Waals surface area contributed by atoms with Gasteiger partial charge in [0.1, 0.15) is 11.5 Å². The van der Waals surface area contributed by atoms with E-state index in [1.807, 2.05) is 19.1 Å². The minimum Gasteiger partial charge on any atom is -0.466 e. The first-order chi connectivity index (χ1) is 8.34. The number of nitrogens with one attached hydrogen (secondary N) is 2. The fourth-order valence-electron chi connectivity index (χ4n) is 2.04. The minimum absolute atomic E-state index is 0.516. The third-order valence-corrected chi connectivity index (χ3v) is 3.01. The lowest BCUT2D eigenvalue weighted by Crippen LogP contribution is -2.42. The van der Waals surface area contributed by atoms with Crippen LogP contribution in [0.15, 0.2) is 16.5 Å². The number of hydrogen-bond donors (Lipinski definition) is 2. The summed E-state index contributed by atoms with van der Waals surface area (Å²) < 4.78 is 10.9. The van der Waals surface area contributed by atoms with Crippen LogP contribution in [0.1, 0.15) is 17.9 Å². The highest BCUT2D eigenvalue weighted by Crippen LogP contribution is 2.06. The van der Waals surface area contributed by atoms with E-state index in [1.54, 1.807) is 0 Å². The van der Waals surface area contributed by atoms with E-state index in [-0.39, 0.29) is 0 Å². The van der Waals surface area contributed by atoms with Crippen LogP contribution in [-0.2, 0) is 11.2 Å². The van der Waals surface area contributed by atoms with Gasteiger partial charge in [-0.15, -0.1) is 0 Å². The molecule has 1 aromatic heterocycles. The summed E-state index contributed by atoms with van der Waals surface area (Å²) in [6, 6.07) is 4.58. The van der Waals surface area contributed by atoms with Crippen LogP contribution in [0, 0.1) is 6.92 Å². The number of rotatable bonds is 6. The summed E-state index contributed by atoms with van der Waals surface area (Å²) in [6.45, 7) is 6.66. The Kier molecular flexibility index (Phi) is 5.04. The Hall–Kier alpha value is -0.840. The maximum atomic E-state index is 5.51. The van der Waals surface area contributed by atoms with Crippen LogP contribution in [0.25, 0.3) is 0 Å². The predicted octanol–water partition coefficient (Wildman–Crippen LogP) is 1.10. The first-order valence-electron chi connectivity index (χ1n) is 6.42. The van der Waals surface area contributed by atoms with Crippen molar-refractivity contribution in [2.45, 2.75) is 25.8 Å². The van der Waals surface area contributed by atoms with Crippen LogP contribution >= 0.6 is 0 Å². The van der Waals surface area contributed by atoms with Gasteiger partial charge < -0.3 is 19.8 Å². The molecule has 1 fully saturated rings. The molecule has 1 saturated heterocycles. The second-order valence-electron chi connectivity index (χ2n) is 4.53.